The summed E-state index contributed by atoms with van der Waals surface area (Å²) in [5.41, 5.74) is 6.35. The van der Waals surface area contributed by atoms with Crippen LogP contribution < -0.4 is 10.5 Å². The SMILES string of the molecule is CN(C)C(C)(C)C=C(C#N)C(=O)N1CCCC(n2nc(-c3ccc(Oc4cccc(F)c4F)cc3F)c3c(N)ncnc32)C1. The van der Waals surface area contributed by atoms with Gasteiger partial charge in [-0.3, -0.25) is 4.79 Å². The van der Waals surface area contributed by atoms with Crippen LogP contribution in [-0.2, 0) is 4.79 Å². The van der Waals surface area contributed by atoms with Crippen molar-refractivity contribution in [1.29, 1.82) is 5.26 Å². The number of hydrogen-bond donors (Lipinski definition) is 1. The molecule has 2 aromatic heterocycles. The monoisotopic (exact) mass is 604 g/mol. The number of aromatic nitrogens is 4. The van der Waals surface area contributed by atoms with Gasteiger partial charge in [0.2, 0.25) is 5.82 Å². The average Bonchev–Trinajstić information content (AvgIpc) is 3.39. The minimum absolute atomic E-state index is 0.0458. The zero-order chi connectivity index (χ0) is 31.8. The van der Waals surface area contributed by atoms with E-state index in [0.29, 0.717) is 30.4 Å². The van der Waals surface area contributed by atoms with Crippen molar-refractivity contribution >= 4 is 22.8 Å². The Balaban J connectivity index is 1.48. The first-order valence-corrected chi connectivity index (χ1v) is 13.9. The van der Waals surface area contributed by atoms with Gasteiger partial charge in [-0.2, -0.15) is 14.8 Å². The van der Waals surface area contributed by atoms with Gasteiger partial charge in [-0.15, -0.1) is 0 Å². The number of piperidine rings is 1. The number of carbonyl (C=O) groups is 1. The maximum atomic E-state index is 15.5. The topological polar surface area (TPSA) is 126 Å². The third-order valence-electron chi connectivity index (χ3n) is 7.89. The van der Waals surface area contributed by atoms with E-state index in [4.69, 9.17) is 15.6 Å². The number of nitrogens with two attached hydrogens (primary N) is 1. The molecule has 5 rings (SSSR count). The zero-order valence-corrected chi connectivity index (χ0v) is 24.7. The Morgan fingerprint density at radius 3 is 2.66 bits per heavy atom. The van der Waals surface area contributed by atoms with Crippen molar-refractivity contribution in [3.05, 3.63) is 71.8 Å². The minimum atomic E-state index is -1.19. The van der Waals surface area contributed by atoms with E-state index in [2.05, 4.69) is 16.0 Å². The van der Waals surface area contributed by atoms with Crippen LogP contribution in [-0.4, -0.2) is 68.2 Å². The van der Waals surface area contributed by atoms with Gasteiger partial charge in [0.1, 0.15) is 41.0 Å². The van der Waals surface area contributed by atoms with Gasteiger partial charge in [0.15, 0.2) is 17.2 Å². The lowest BCUT2D eigenvalue weighted by Gasteiger charge is -2.34. The van der Waals surface area contributed by atoms with E-state index in [9.17, 15) is 18.8 Å². The van der Waals surface area contributed by atoms with E-state index < -0.39 is 23.0 Å². The van der Waals surface area contributed by atoms with E-state index in [1.165, 1.54) is 30.6 Å². The highest BCUT2D eigenvalue weighted by Crippen LogP contribution is 2.37. The van der Waals surface area contributed by atoms with E-state index in [0.717, 1.165) is 12.1 Å². The quantitative estimate of drug-likeness (QED) is 0.224. The standard InChI is InChI=1S/C31H31F3N8O2/c1-31(2,40(3)4)14-18(15-35)30(43)41-12-6-7-19(16-41)42-29-25(28(36)37-17-38-29)27(39-42)21-11-10-20(13-23(21)33)44-24-9-5-8-22(32)26(24)34/h5,8-11,13-14,17,19H,6-7,12,16H2,1-4H3,(H2,36,37,38). The molecule has 0 aliphatic carbocycles. The lowest BCUT2D eigenvalue weighted by Crippen LogP contribution is -2.43. The summed E-state index contributed by atoms with van der Waals surface area (Å²) in [5.74, 6) is -3.76. The van der Waals surface area contributed by atoms with Gasteiger partial charge in [0.05, 0.1) is 11.4 Å². The molecule has 1 fully saturated rings. The molecule has 3 heterocycles. The number of nitrogens with zero attached hydrogens (tertiary/aromatic N) is 7. The van der Waals surface area contributed by atoms with Gasteiger partial charge in [-0.25, -0.2) is 23.4 Å². The van der Waals surface area contributed by atoms with Crippen molar-refractivity contribution in [3.8, 4) is 28.8 Å². The summed E-state index contributed by atoms with van der Waals surface area (Å²) in [6, 6.07) is 9.00. The van der Waals surface area contributed by atoms with Crippen molar-refractivity contribution < 1.29 is 22.7 Å². The first kappa shape index (κ1) is 30.5. The van der Waals surface area contributed by atoms with Crippen molar-refractivity contribution in [2.24, 2.45) is 0 Å². The van der Waals surface area contributed by atoms with Gasteiger partial charge < -0.3 is 20.3 Å². The number of fused-ring (bicyclic) bond motifs is 1. The Hall–Kier alpha value is -4.96. The van der Waals surface area contributed by atoms with E-state index in [-0.39, 0.29) is 52.6 Å². The summed E-state index contributed by atoms with van der Waals surface area (Å²) < 4.78 is 50.2. The molecule has 1 aliphatic rings. The number of benzene rings is 2. The molecule has 228 valence electrons. The van der Waals surface area contributed by atoms with Crippen LogP contribution in [0.15, 0.2) is 54.4 Å². The molecule has 4 aromatic rings. The summed E-state index contributed by atoms with van der Waals surface area (Å²) in [6.07, 6.45) is 4.23. The number of nitrogen functional groups attached to an aromatic ring is 1. The third-order valence-corrected chi connectivity index (χ3v) is 7.89. The first-order valence-electron chi connectivity index (χ1n) is 13.9. The highest BCUT2D eigenvalue weighted by atomic mass is 19.2. The molecule has 10 nitrogen and oxygen atoms in total. The number of hydrogen-bond acceptors (Lipinski definition) is 8. The van der Waals surface area contributed by atoms with Gasteiger partial charge in [0, 0.05) is 30.3 Å². The molecule has 0 bridgehead atoms. The van der Waals surface area contributed by atoms with Crippen LogP contribution in [0.2, 0.25) is 0 Å². The van der Waals surface area contributed by atoms with Crippen molar-refractivity contribution in [3.63, 3.8) is 0 Å². The number of ether oxygens (including phenoxy) is 1. The van der Waals surface area contributed by atoms with Crippen molar-refractivity contribution in [2.45, 2.75) is 38.3 Å². The fraction of sp³-hybridized carbons (Fsp3) is 0.323. The van der Waals surface area contributed by atoms with E-state index >= 15 is 4.39 Å². The molecule has 2 N–H and O–H groups in total. The van der Waals surface area contributed by atoms with Gasteiger partial charge >= 0.3 is 0 Å². The summed E-state index contributed by atoms with van der Waals surface area (Å²) in [4.78, 5) is 25.4. The van der Waals surface area contributed by atoms with Crippen LogP contribution >= 0.6 is 0 Å². The molecule has 1 saturated heterocycles. The van der Waals surface area contributed by atoms with Gasteiger partial charge in [-0.1, -0.05) is 6.07 Å². The van der Waals surface area contributed by atoms with Crippen LogP contribution in [0.5, 0.6) is 11.5 Å². The van der Waals surface area contributed by atoms with Crippen molar-refractivity contribution in [1.82, 2.24) is 29.5 Å². The lowest BCUT2D eigenvalue weighted by atomic mass is 9.98. The van der Waals surface area contributed by atoms with Gasteiger partial charge in [-0.05, 0) is 71.1 Å². The predicted molar refractivity (Wildman–Crippen MR) is 158 cm³/mol. The first-order chi connectivity index (χ1) is 20.9. The Labute approximate surface area is 252 Å². The lowest BCUT2D eigenvalue weighted by molar-refractivity contribution is -0.128. The maximum absolute atomic E-state index is 15.5. The summed E-state index contributed by atoms with van der Waals surface area (Å²) in [7, 11) is 3.74. The minimum Gasteiger partial charge on any atom is -0.454 e. The molecule has 44 heavy (non-hydrogen) atoms. The molecule has 1 aliphatic heterocycles. The van der Waals surface area contributed by atoms with Crippen LogP contribution in [0.25, 0.3) is 22.3 Å². The number of likely N-dealkylation sites (tertiary alicyclic amines) is 1. The van der Waals surface area contributed by atoms with Crippen LogP contribution in [0.1, 0.15) is 32.7 Å². The maximum Gasteiger partial charge on any atom is 0.264 e. The van der Waals surface area contributed by atoms with E-state index in [1.807, 2.05) is 32.8 Å². The second-order valence-electron chi connectivity index (χ2n) is 11.3. The summed E-state index contributed by atoms with van der Waals surface area (Å²) >= 11 is 0. The second-order valence-corrected chi connectivity index (χ2v) is 11.3. The highest BCUT2D eigenvalue weighted by Gasteiger charge is 2.31. The average molecular weight is 605 g/mol. The highest BCUT2D eigenvalue weighted by molar-refractivity contribution is 5.99. The molecule has 0 radical (unpaired) electrons. The molecule has 1 amide bonds. The van der Waals surface area contributed by atoms with Crippen LogP contribution in [0.4, 0.5) is 19.0 Å². The van der Waals surface area contributed by atoms with Gasteiger partial charge in [0.25, 0.3) is 5.91 Å². The Morgan fingerprint density at radius 2 is 1.95 bits per heavy atom. The Kier molecular flexibility index (Phi) is 8.29. The number of likely N-dealkylation sites (N-methyl/N-ethyl adjacent to an activating group) is 1. The molecule has 0 saturated carbocycles. The fourth-order valence-electron chi connectivity index (χ4n) is 5.01. The number of rotatable bonds is 7. The van der Waals surface area contributed by atoms with E-state index in [1.54, 1.807) is 15.7 Å². The number of amides is 1. The van der Waals surface area contributed by atoms with Crippen molar-refractivity contribution in [2.75, 3.05) is 32.9 Å². The molecule has 2 aromatic carbocycles. The van der Waals surface area contributed by atoms with Crippen LogP contribution in [0, 0.1) is 28.8 Å². The molecule has 1 unspecified atom stereocenters. The normalized spacial score (nSPS) is 15.9. The summed E-state index contributed by atoms with van der Waals surface area (Å²) in [5, 5.41) is 14.8. The smallest absolute Gasteiger partial charge is 0.264 e. The predicted octanol–water partition coefficient (Wildman–Crippen LogP) is 5.24. The Bertz CT molecular complexity index is 1810. The number of carbonyl (C=O) groups excluding carboxylic acids is 1. The number of halogens is 3. The van der Waals surface area contributed by atoms with Crippen LogP contribution in [0.3, 0.4) is 0 Å². The third kappa shape index (κ3) is 5.80. The molecule has 13 heteroatoms. The zero-order valence-electron chi connectivity index (χ0n) is 24.7. The number of anilines is 1. The fourth-order valence-corrected chi connectivity index (χ4v) is 5.01. The molecule has 1 atom stereocenters. The summed E-state index contributed by atoms with van der Waals surface area (Å²) in [6.45, 7) is 4.53. The second kappa shape index (κ2) is 12.0. The molecular weight excluding hydrogens is 573 g/mol. The molecule has 0 spiro atoms. The largest absolute Gasteiger partial charge is 0.454 e. The molecular formula is C31H31F3N8O2. The number of nitriles is 1. The Morgan fingerprint density at radius 1 is 1.18 bits per heavy atom.